The predicted octanol–water partition coefficient (Wildman–Crippen LogP) is 3.63. The third kappa shape index (κ3) is 6.73. The highest BCUT2D eigenvalue weighted by atomic mass is 19.4. The number of nitrogens with zero attached hydrogens (tertiary/aromatic N) is 1. The number of halogens is 3. The Hall–Kier alpha value is -3.04. The van der Waals surface area contributed by atoms with E-state index in [1.807, 2.05) is 0 Å². The van der Waals surface area contributed by atoms with E-state index in [0.29, 0.717) is 11.6 Å². The summed E-state index contributed by atoms with van der Waals surface area (Å²) in [5.74, 6) is -2.60. The van der Waals surface area contributed by atoms with Crippen LogP contribution in [0.15, 0.2) is 42.0 Å². The average Bonchev–Trinajstić information content (AvgIpc) is 2.75. The first-order valence-corrected chi connectivity index (χ1v) is 9.68. The maximum atomic E-state index is 13.8. The highest BCUT2D eigenvalue weighted by molar-refractivity contribution is 5.83. The molecule has 2 rings (SSSR count). The van der Waals surface area contributed by atoms with Crippen LogP contribution in [0, 0.1) is 5.92 Å². The normalized spacial score (nSPS) is 19.5. The number of ether oxygens (including phenoxy) is 3. The predicted molar refractivity (Wildman–Crippen MR) is 103 cm³/mol. The molecule has 0 saturated carbocycles. The number of esters is 2. The fourth-order valence-corrected chi connectivity index (χ4v) is 3.34. The first-order chi connectivity index (χ1) is 14.7. The van der Waals surface area contributed by atoms with Crippen LogP contribution < -0.4 is 0 Å². The monoisotopic (exact) mass is 443 g/mol. The Morgan fingerprint density at radius 2 is 1.81 bits per heavy atom. The summed E-state index contributed by atoms with van der Waals surface area (Å²) in [5, 5.41) is 0. The molecule has 31 heavy (non-hydrogen) atoms. The van der Waals surface area contributed by atoms with E-state index in [1.165, 1.54) is 6.92 Å². The minimum atomic E-state index is -4.90. The van der Waals surface area contributed by atoms with Crippen molar-refractivity contribution >= 4 is 18.0 Å². The van der Waals surface area contributed by atoms with Crippen LogP contribution in [0.1, 0.15) is 25.3 Å². The molecule has 1 aromatic rings. The third-order valence-corrected chi connectivity index (χ3v) is 4.80. The lowest BCUT2D eigenvalue weighted by molar-refractivity contribution is -0.148. The van der Waals surface area contributed by atoms with E-state index >= 15 is 0 Å². The molecule has 0 aliphatic carbocycles. The van der Waals surface area contributed by atoms with E-state index in [0.717, 1.165) is 12.0 Å². The van der Waals surface area contributed by atoms with Crippen LogP contribution in [0.3, 0.4) is 0 Å². The number of benzene rings is 1. The second kappa shape index (κ2) is 10.8. The van der Waals surface area contributed by atoms with Crippen LogP contribution in [-0.2, 0) is 30.4 Å². The van der Waals surface area contributed by atoms with E-state index in [1.54, 1.807) is 30.3 Å². The van der Waals surface area contributed by atoms with Crippen molar-refractivity contribution in [3.63, 3.8) is 0 Å². The molecule has 0 N–H and O–H groups in total. The van der Waals surface area contributed by atoms with Crippen molar-refractivity contribution in [1.82, 2.24) is 4.90 Å². The number of rotatable bonds is 6. The highest BCUT2D eigenvalue weighted by Gasteiger charge is 2.46. The molecular formula is C21H24F3NO6. The van der Waals surface area contributed by atoms with Gasteiger partial charge in [0, 0.05) is 12.6 Å². The molecule has 1 aliphatic rings. The van der Waals surface area contributed by atoms with Gasteiger partial charge in [0.15, 0.2) is 0 Å². The molecule has 0 spiro atoms. The molecule has 0 bridgehead atoms. The fraction of sp³-hybridized carbons (Fsp3) is 0.476. The van der Waals surface area contributed by atoms with Crippen molar-refractivity contribution in [3.8, 4) is 0 Å². The molecule has 1 amide bonds. The molecule has 7 nitrogen and oxygen atoms in total. The maximum absolute atomic E-state index is 13.8. The summed E-state index contributed by atoms with van der Waals surface area (Å²) >= 11 is 0. The number of carbonyl (C=O) groups is 3. The van der Waals surface area contributed by atoms with Gasteiger partial charge in [0.25, 0.3) is 0 Å². The number of hydrogen-bond acceptors (Lipinski definition) is 6. The minimum Gasteiger partial charge on any atom is -0.469 e. The van der Waals surface area contributed by atoms with Gasteiger partial charge in [0.2, 0.25) is 0 Å². The Balaban J connectivity index is 2.31. The third-order valence-electron chi connectivity index (χ3n) is 4.80. The molecule has 10 heteroatoms. The van der Waals surface area contributed by atoms with Gasteiger partial charge in [-0.3, -0.25) is 4.79 Å². The van der Waals surface area contributed by atoms with E-state index in [4.69, 9.17) is 4.74 Å². The van der Waals surface area contributed by atoms with Crippen molar-refractivity contribution in [2.45, 2.75) is 38.6 Å². The summed E-state index contributed by atoms with van der Waals surface area (Å²) in [6.45, 7) is 0.877. The first-order valence-electron chi connectivity index (χ1n) is 9.68. The van der Waals surface area contributed by atoms with Gasteiger partial charge in [-0.15, -0.1) is 0 Å². The van der Waals surface area contributed by atoms with Crippen molar-refractivity contribution in [2.24, 2.45) is 5.92 Å². The highest BCUT2D eigenvalue weighted by Crippen LogP contribution is 2.36. The zero-order chi connectivity index (χ0) is 23.0. The van der Waals surface area contributed by atoms with Crippen molar-refractivity contribution < 1.29 is 41.8 Å². The molecule has 0 radical (unpaired) electrons. The Bertz CT molecular complexity index is 809. The van der Waals surface area contributed by atoms with Gasteiger partial charge in [-0.2, -0.15) is 13.2 Å². The van der Waals surface area contributed by atoms with E-state index in [2.05, 4.69) is 9.47 Å². The number of likely N-dealkylation sites (tertiary alicyclic amines) is 1. The Kier molecular flexibility index (Phi) is 8.47. The lowest BCUT2D eigenvalue weighted by Crippen LogP contribution is -2.51. The van der Waals surface area contributed by atoms with Crippen LogP contribution in [0.4, 0.5) is 18.0 Å². The quantitative estimate of drug-likeness (QED) is 0.379. The van der Waals surface area contributed by atoms with Crippen molar-refractivity contribution in [2.75, 3.05) is 20.3 Å². The molecule has 2 atom stereocenters. The molecule has 0 aromatic heterocycles. The summed E-state index contributed by atoms with van der Waals surface area (Å²) in [6.07, 6.45) is -5.72. The van der Waals surface area contributed by atoms with Gasteiger partial charge in [0.05, 0.1) is 31.2 Å². The van der Waals surface area contributed by atoms with Crippen molar-refractivity contribution in [1.29, 1.82) is 0 Å². The Morgan fingerprint density at radius 1 is 1.13 bits per heavy atom. The van der Waals surface area contributed by atoms with E-state index in [-0.39, 0.29) is 32.6 Å². The second-order valence-electron chi connectivity index (χ2n) is 6.86. The summed E-state index contributed by atoms with van der Waals surface area (Å²) in [5.41, 5.74) is -0.585. The van der Waals surface area contributed by atoms with E-state index < -0.39 is 41.7 Å². The molecule has 1 aromatic carbocycles. The number of carbonyl (C=O) groups excluding carboxylic acids is 3. The molecule has 1 aliphatic heterocycles. The number of piperidine rings is 1. The molecule has 0 unspecified atom stereocenters. The van der Waals surface area contributed by atoms with Gasteiger partial charge in [0.1, 0.15) is 6.61 Å². The zero-order valence-electron chi connectivity index (χ0n) is 17.2. The molecule has 1 saturated heterocycles. The Morgan fingerprint density at radius 3 is 2.39 bits per heavy atom. The van der Waals surface area contributed by atoms with Crippen LogP contribution in [-0.4, -0.2) is 55.4 Å². The van der Waals surface area contributed by atoms with E-state index in [9.17, 15) is 27.6 Å². The number of hydrogen-bond donors (Lipinski definition) is 0. The minimum absolute atomic E-state index is 0.0516. The molecule has 1 heterocycles. The van der Waals surface area contributed by atoms with Crippen molar-refractivity contribution in [3.05, 3.63) is 47.5 Å². The topological polar surface area (TPSA) is 82.1 Å². The molecular weight excluding hydrogens is 419 g/mol. The van der Waals surface area contributed by atoms with Gasteiger partial charge >= 0.3 is 24.2 Å². The standard InChI is InChI=1S/C21H24F3NO6/c1-3-30-18(26)11-16(21(22,23)24)17-10-9-15(19(27)29-2)12-25(17)20(28)31-13-14-7-5-4-6-8-14/h4-8,11,15,17H,3,9-10,12-13H2,1-2H3/t15-,17-/m1/s1. The largest absolute Gasteiger partial charge is 0.469 e. The van der Waals surface area contributed by atoms with Crippen LogP contribution in [0.25, 0.3) is 0 Å². The average molecular weight is 443 g/mol. The van der Waals surface area contributed by atoms with Crippen LogP contribution >= 0.6 is 0 Å². The van der Waals surface area contributed by atoms with Crippen LogP contribution in [0.5, 0.6) is 0 Å². The number of alkyl halides is 3. The zero-order valence-corrected chi connectivity index (χ0v) is 17.2. The summed E-state index contributed by atoms with van der Waals surface area (Å²) < 4.78 is 55.8. The van der Waals surface area contributed by atoms with Gasteiger partial charge in [-0.25, -0.2) is 9.59 Å². The first kappa shape index (κ1) is 24.2. The maximum Gasteiger partial charge on any atom is 0.414 e. The summed E-state index contributed by atoms with van der Waals surface area (Å²) in [6, 6.07) is 7.10. The summed E-state index contributed by atoms with van der Waals surface area (Å²) in [4.78, 5) is 37.2. The van der Waals surface area contributed by atoms with Crippen LogP contribution in [0.2, 0.25) is 0 Å². The summed E-state index contributed by atoms with van der Waals surface area (Å²) in [7, 11) is 1.16. The fourth-order valence-electron chi connectivity index (χ4n) is 3.34. The lowest BCUT2D eigenvalue weighted by Gasteiger charge is -2.39. The number of methoxy groups -OCH3 is 1. The van der Waals surface area contributed by atoms with Gasteiger partial charge in [-0.05, 0) is 25.3 Å². The smallest absolute Gasteiger partial charge is 0.414 e. The second-order valence-corrected chi connectivity index (χ2v) is 6.86. The number of amides is 1. The Labute approximate surface area is 177 Å². The van der Waals surface area contributed by atoms with Gasteiger partial charge < -0.3 is 19.1 Å². The lowest BCUT2D eigenvalue weighted by atomic mass is 9.88. The SMILES string of the molecule is CCOC(=O)C=C([C@H]1CC[C@@H](C(=O)OC)CN1C(=O)OCc1ccccc1)C(F)(F)F. The molecule has 170 valence electrons. The molecule has 1 fully saturated rings. The van der Waals surface area contributed by atoms with Gasteiger partial charge in [-0.1, -0.05) is 30.3 Å².